The van der Waals surface area contributed by atoms with E-state index in [1.165, 1.54) is 6.20 Å². The maximum atomic E-state index is 13.4. The van der Waals surface area contributed by atoms with Gasteiger partial charge in [-0.2, -0.15) is 0 Å². The highest BCUT2D eigenvalue weighted by Gasteiger charge is 2.29. The van der Waals surface area contributed by atoms with Crippen LogP contribution in [0.25, 0.3) is 0 Å². The summed E-state index contributed by atoms with van der Waals surface area (Å²) < 4.78 is 6.83. The lowest BCUT2D eigenvalue weighted by atomic mass is 9.98. The second-order valence-corrected chi connectivity index (χ2v) is 8.77. The zero-order valence-electron chi connectivity index (χ0n) is 19.3. The van der Waals surface area contributed by atoms with Gasteiger partial charge >= 0.3 is 0 Å². The third-order valence-corrected chi connectivity index (χ3v) is 6.29. The lowest BCUT2D eigenvalue weighted by Gasteiger charge is -2.35. The van der Waals surface area contributed by atoms with Crippen molar-refractivity contribution in [3.8, 4) is 0 Å². The molecule has 2 aromatic rings. The summed E-state index contributed by atoms with van der Waals surface area (Å²) in [4.78, 5) is 41.3. The van der Waals surface area contributed by atoms with Crippen molar-refractivity contribution in [3.63, 3.8) is 0 Å². The molecule has 1 N–H and O–H groups in total. The SMILES string of the molecule is CCC1CCCCN1C(=O)c1cn(CCOC)cc(C(=O)NCCc2cccc(Cl)c2)c1=O. The minimum absolute atomic E-state index is 0.0342. The fraction of sp³-hybridized carbons (Fsp3) is 0.480. The standard InChI is InChI=1S/C25H32ClN3O4/c1-3-20-9-4-5-12-29(20)25(32)22-17-28(13-14-33-2)16-21(23(22)30)24(31)27-11-10-18-7-6-8-19(26)15-18/h6-8,15-17,20H,3-5,9-14H2,1-2H3,(H,27,31). The Morgan fingerprint density at radius 1 is 1.21 bits per heavy atom. The molecule has 1 aliphatic heterocycles. The third kappa shape index (κ3) is 6.45. The van der Waals surface area contributed by atoms with Crippen molar-refractivity contribution in [2.24, 2.45) is 0 Å². The van der Waals surface area contributed by atoms with Crippen LogP contribution in [-0.2, 0) is 17.7 Å². The molecule has 1 aromatic heterocycles. The summed E-state index contributed by atoms with van der Waals surface area (Å²) in [5, 5.41) is 3.44. The van der Waals surface area contributed by atoms with Crippen LogP contribution in [0.15, 0.2) is 41.5 Å². The number of halogens is 1. The number of methoxy groups -OCH3 is 1. The molecule has 0 bridgehead atoms. The van der Waals surface area contributed by atoms with Gasteiger partial charge in [0.05, 0.1) is 6.61 Å². The Kier molecular flexibility index (Phi) is 9.09. The van der Waals surface area contributed by atoms with E-state index in [-0.39, 0.29) is 23.1 Å². The van der Waals surface area contributed by atoms with E-state index in [0.29, 0.717) is 37.7 Å². The molecule has 3 rings (SSSR count). The molecule has 0 spiro atoms. The Balaban J connectivity index is 1.83. The molecule has 2 amide bonds. The summed E-state index contributed by atoms with van der Waals surface area (Å²) in [6.45, 7) is 3.85. The number of likely N-dealkylation sites (tertiary alicyclic amines) is 1. The van der Waals surface area contributed by atoms with Crippen LogP contribution in [0.3, 0.4) is 0 Å². The first kappa shape index (κ1) is 25.0. The number of amides is 2. The van der Waals surface area contributed by atoms with Crippen molar-refractivity contribution in [3.05, 3.63) is 68.6 Å². The van der Waals surface area contributed by atoms with E-state index in [0.717, 1.165) is 31.2 Å². The lowest BCUT2D eigenvalue weighted by Crippen LogP contribution is -2.45. The average molecular weight is 474 g/mol. The smallest absolute Gasteiger partial charge is 0.259 e. The van der Waals surface area contributed by atoms with Gasteiger partial charge in [-0.15, -0.1) is 0 Å². The normalized spacial score (nSPS) is 16.0. The van der Waals surface area contributed by atoms with Crippen LogP contribution in [0.5, 0.6) is 0 Å². The van der Waals surface area contributed by atoms with Crippen LogP contribution >= 0.6 is 11.6 Å². The second kappa shape index (κ2) is 12.0. The number of piperidine rings is 1. The lowest BCUT2D eigenvalue weighted by molar-refractivity contribution is 0.0605. The van der Waals surface area contributed by atoms with E-state index in [1.54, 1.807) is 28.8 Å². The van der Waals surface area contributed by atoms with Gasteiger partial charge in [0, 0.05) is 50.2 Å². The number of nitrogens with one attached hydrogen (secondary N) is 1. The molecule has 0 aliphatic carbocycles. The number of pyridine rings is 1. The van der Waals surface area contributed by atoms with Crippen molar-refractivity contribution < 1.29 is 14.3 Å². The molecule has 0 radical (unpaired) electrons. The first-order valence-corrected chi connectivity index (χ1v) is 11.9. The Labute approximate surface area is 199 Å². The van der Waals surface area contributed by atoms with Crippen molar-refractivity contribution in [2.45, 2.75) is 51.6 Å². The summed E-state index contributed by atoms with van der Waals surface area (Å²) >= 11 is 6.02. The summed E-state index contributed by atoms with van der Waals surface area (Å²) in [6, 6.07) is 7.53. The first-order valence-electron chi connectivity index (χ1n) is 11.5. The molecular formula is C25H32ClN3O4. The molecule has 7 nitrogen and oxygen atoms in total. The number of nitrogens with zero attached hydrogens (tertiary/aromatic N) is 2. The largest absolute Gasteiger partial charge is 0.383 e. The molecule has 178 valence electrons. The number of ether oxygens (including phenoxy) is 1. The molecule has 1 saturated heterocycles. The van der Waals surface area contributed by atoms with Gasteiger partial charge < -0.3 is 19.5 Å². The van der Waals surface area contributed by atoms with Crippen LogP contribution in [-0.4, -0.2) is 54.1 Å². The molecule has 33 heavy (non-hydrogen) atoms. The third-order valence-electron chi connectivity index (χ3n) is 6.06. The fourth-order valence-electron chi connectivity index (χ4n) is 4.23. The quantitative estimate of drug-likeness (QED) is 0.604. The van der Waals surface area contributed by atoms with Gasteiger partial charge in [0.15, 0.2) is 0 Å². The van der Waals surface area contributed by atoms with E-state index >= 15 is 0 Å². The first-order chi connectivity index (χ1) is 15.9. The van der Waals surface area contributed by atoms with Crippen LogP contribution in [0, 0.1) is 0 Å². The minimum Gasteiger partial charge on any atom is -0.383 e. The molecule has 2 heterocycles. The Morgan fingerprint density at radius 2 is 2.00 bits per heavy atom. The number of benzene rings is 1. The summed E-state index contributed by atoms with van der Waals surface area (Å²) in [5.74, 6) is -0.792. The monoisotopic (exact) mass is 473 g/mol. The Hall–Kier alpha value is -2.64. The molecular weight excluding hydrogens is 442 g/mol. The number of hydrogen-bond acceptors (Lipinski definition) is 4. The van der Waals surface area contributed by atoms with Crippen molar-refractivity contribution in [1.29, 1.82) is 0 Å². The Morgan fingerprint density at radius 3 is 2.73 bits per heavy atom. The van der Waals surface area contributed by atoms with Gasteiger partial charge in [-0.05, 0) is 49.8 Å². The number of hydrogen-bond donors (Lipinski definition) is 1. The topological polar surface area (TPSA) is 80.6 Å². The molecule has 1 atom stereocenters. The molecule has 1 fully saturated rings. The average Bonchev–Trinajstić information content (AvgIpc) is 2.82. The minimum atomic E-state index is -0.533. The summed E-state index contributed by atoms with van der Waals surface area (Å²) in [7, 11) is 1.58. The second-order valence-electron chi connectivity index (χ2n) is 8.34. The maximum absolute atomic E-state index is 13.4. The number of aromatic nitrogens is 1. The van der Waals surface area contributed by atoms with Crippen LogP contribution in [0.1, 0.15) is 58.9 Å². The van der Waals surface area contributed by atoms with E-state index in [9.17, 15) is 14.4 Å². The van der Waals surface area contributed by atoms with Gasteiger partial charge in [0.1, 0.15) is 11.1 Å². The number of rotatable bonds is 9. The predicted molar refractivity (Wildman–Crippen MR) is 129 cm³/mol. The van der Waals surface area contributed by atoms with Crippen molar-refractivity contribution >= 4 is 23.4 Å². The highest BCUT2D eigenvalue weighted by molar-refractivity contribution is 6.30. The van der Waals surface area contributed by atoms with E-state index in [2.05, 4.69) is 12.2 Å². The van der Waals surface area contributed by atoms with Gasteiger partial charge in [-0.25, -0.2) is 0 Å². The van der Waals surface area contributed by atoms with E-state index < -0.39 is 11.3 Å². The predicted octanol–water partition coefficient (Wildman–Crippen LogP) is 3.53. The highest BCUT2D eigenvalue weighted by atomic mass is 35.5. The van der Waals surface area contributed by atoms with Crippen molar-refractivity contribution in [1.82, 2.24) is 14.8 Å². The molecule has 0 saturated carbocycles. The van der Waals surface area contributed by atoms with Crippen LogP contribution in [0.4, 0.5) is 0 Å². The zero-order chi connectivity index (χ0) is 23.8. The molecule has 1 aliphatic rings. The van der Waals surface area contributed by atoms with E-state index in [4.69, 9.17) is 16.3 Å². The molecule has 1 aromatic carbocycles. The number of carbonyl (C=O) groups excluding carboxylic acids is 2. The summed E-state index contributed by atoms with van der Waals surface area (Å²) in [6.07, 6.45) is 7.40. The van der Waals surface area contributed by atoms with Gasteiger partial charge in [-0.3, -0.25) is 14.4 Å². The zero-order valence-corrected chi connectivity index (χ0v) is 20.1. The number of carbonyl (C=O) groups is 2. The van der Waals surface area contributed by atoms with Gasteiger partial charge in [0.2, 0.25) is 5.43 Å². The molecule has 1 unspecified atom stereocenters. The highest BCUT2D eigenvalue weighted by Crippen LogP contribution is 2.21. The summed E-state index contributed by atoms with van der Waals surface area (Å²) in [5.41, 5.74) is 0.455. The van der Waals surface area contributed by atoms with Gasteiger partial charge in [0.25, 0.3) is 11.8 Å². The van der Waals surface area contributed by atoms with E-state index in [1.807, 2.05) is 18.2 Å². The van der Waals surface area contributed by atoms with Crippen LogP contribution < -0.4 is 10.7 Å². The van der Waals surface area contributed by atoms with Crippen molar-refractivity contribution in [2.75, 3.05) is 26.8 Å². The Bertz CT molecular complexity index is 1040. The molecule has 8 heteroatoms. The van der Waals surface area contributed by atoms with Gasteiger partial charge in [-0.1, -0.05) is 30.7 Å². The van der Waals surface area contributed by atoms with Crippen LogP contribution in [0.2, 0.25) is 5.02 Å². The maximum Gasteiger partial charge on any atom is 0.259 e. The fourth-order valence-corrected chi connectivity index (χ4v) is 4.44.